The molecule has 3 heterocycles. The molecule has 8 nitrogen and oxygen atoms in total. The molecule has 1 saturated heterocycles. The van der Waals surface area contributed by atoms with Crippen LogP contribution in [0.15, 0.2) is 28.5 Å². The van der Waals surface area contributed by atoms with Crippen LogP contribution in [0, 0.1) is 0 Å². The molecule has 2 amide bonds. The maximum atomic E-state index is 12.2. The second kappa shape index (κ2) is 7.92. The van der Waals surface area contributed by atoms with E-state index in [2.05, 4.69) is 5.32 Å². The Hall–Kier alpha value is -1.33. The van der Waals surface area contributed by atoms with E-state index in [-0.39, 0.29) is 41.9 Å². The third kappa shape index (κ3) is 3.77. The number of carboxylic acids is 2. The molecule has 0 bridgehead atoms. The molecule has 2 aliphatic heterocycles. The molecule has 1 aromatic rings. The van der Waals surface area contributed by atoms with Gasteiger partial charge in [-0.25, -0.2) is 4.79 Å². The van der Waals surface area contributed by atoms with E-state index in [9.17, 15) is 24.3 Å². The maximum Gasteiger partial charge on any atom is 1.00 e. The minimum Gasteiger partial charge on any atom is -0.547 e. The Bertz CT molecular complexity index is 751. The fourth-order valence-corrected chi connectivity index (χ4v) is 4.52. The van der Waals surface area contributed by atoms with Crippen molar-refractivity contribution in [2.24, 2.45) is 0 Å². The average Bonchev–Trinajstić information content (AvgIpc) is 3.03. The van der Waals surface area contributed by atoms with Crippen molar-refractivity contribution in [2.75, 3.05) is 0 Å². The number of nitrogens with one attached hydrogen (secondary N) is 1. The van der Waals surface area contributed by atoms with Gasteiger partial charge in [-0.1, -0.05) is 6.07 Å². The van der Waals surface area contributed by atoms with E-state index < -0.39 is 40.9 Å². The summed E-state index contributed by atoms with van der Waals surface area (Å²) in [6, 6.07) is 1.08. The number of hydrogen-bond acceptors (Lipinski definition) is 7. The number of nitrogens with zero attached hydrogens (tertiary/aromatic N) is 1. The Balaban J connectivity index is 0.00000225. The van der Waals surface area contributed by atoms with E-state index in [1.165, 1.54) is 16.7 Å². The minimum atomic E-state index is -1.66. The Labute approximate surface area is 172 Å². The van der Waals surface area contributed by atoms with E-state index in [1.807, 2.05) is 11.4 Å². The first-order valence-corrected chi connectivity index (χ1v) is 8.66. The van der Waals surface area contributed by atoms with Crippen molar-refractivity contribution < 1.29 is 58.9 Å². The largest absolute Gasteiger partial charge is 1.00 e. The summed E-state index contributed by atoms with van der Waals surface area (Å²) in [6.07, 6.45) is 0.124. The van der Waals surface area contributed by atoms with Crippen LogP contribution < -0.4 is 40.0 Å². The van der Waals surface area contributed by atoms with Crippen molar-refractivity contribution in [3.05, 3.63) is 33.4 Å². The van der Waals surface area contributed by atoms with Crippen molar-refractivity contribution >= 4 is 46.9 Å². The van der Waals surface area contributed by atoms with Gasteiger partial charge in [-0.2, -0.15) is 0 Å². The maximum absolute atomic E-state index is 12.2. The number of carbonyl (C=O) groups excluding carboxylic acids is 3. The Morgan fingerprint density at radius 3 is 2.64 bits per heavy atom. The zero-order chi connectivity index (χ0) is 17.4. The van der Waals surface area contributed by atoms with Crippen LogP contribution in [0.4, 0.5) is 0 Å². The van der Waals surface area contributed by atoms with Crippen LogP contribution >= 0.6 is 23.1 Å². The number of fused-ring (bicyclic) bond motifs is 1. The molecular formula is C14H11N2NaO6S2. The Morgan fingerprint density at radius 2 is 2.08 bits per heavy atom. The van der Waals surface area contributed by atoms with E-state index in [4.69, 9.17) is 5.11 Å². The number of β-lactam (4-membered cyclic amide) rings is 1. The number of amides is 2. The number of carboxylic acid groups (broad SMARTS) is 2. The number of hydrogen-bond donors (Lipinski definition) is 2. The first-order valence-electron chi connectivity index (χ1n) is 6.83. The van der Waals surface area contributed by atoms with Gasteiger partial charge in [0.1, 0.15) is 17.5 Å². The molecule has 1 aromatic heterocycles. The molecule has 25 heavy (non-hydrogen) atoms. The molecule has 0 radical (unpaired) electrons. The van der Waals surface area contributed by atoms with Gasteiger partial charge in [0, 0.05) is 4.88 Å². The number of rotatable bonds is 5. The zero-order valence-electron chi connectivity index (χ0n) is 13.0. The van der Waals surface area contributed by atoms with Gasteiger partial charge in [-0.3, -0.25) is 9.59 Å². The molecule has 3 rings (SSSR count). The summed E-state index contributed by atoms with van der Waals surface area (Å²) in [5.41, 5.74) is -0.423. The predicted octanol–water partition coefficient (Wildman–Crippen LogP) is -4.22. The van der Waals surface area contributed by atoms with Crippen LogP contribution in [-0.4, -0.2) is 51.2 Å². The molecule has 0 aromatic carbocycles. The monoisotopic (exact) mass is 390 g/mol. The molecule has 2 aliphatic rings. The smallest absolute Gasteiger partial charge is 0.547 e. The minimum absolute atomic E-state index is 0. The van der Waals surface area contributed by atoms with Crippen LogP contribution in [0.1, 0.15) is 4.88 Å². The van der Waals surface area contributed by atoms with Gasteiger partial charge in [0.15, 0.2) is 0 Å². The molecule has 0 aliphatic carbocycles. The number of aliphatic carboxylic acids is 2. The SMILES string of the molecule is O=C(Cc1cccs1)NC1C(=O)N2C(C(=O)[O-])C(C(=O)O)=CS[C@@H]12.[Na+]. The van der Waals surface area contributed by atoms with Crippen molar-refractivity contribution in [1.82, 2.24) is 10.2 Å². The molecule has 0 saturated carbocycles. The van der Waals surface area contributed by atoms with Gasteiger partial charge in [-0.15, -0.1) is 23.1 Å². The quantitative estimate of drug-likeness (QED) is 0.385. The Kier molecular flexibility index (Phi) is 6.33. The number of thiophene rings is 1. The second-order valence-electron chi connectivity index (χ2n) is 5.17. The van der Waals surface area contributed by atoms with Crippen molar-refractivity contribution in [2.45, 2.75) is 23.9 Å². The topological polar surface area (TPSA) is 127 Å². The normalized spacial score (nSPS) is 24.3. The molecule has 2 unspecified atom stereocenters. The number of thioether (sulfide) groups is 1. The van der Waals surface area contributed by atoms with Crippen LogP contribution in [0.5, 0.6) is 0 Å². The van der Waals surface area contributed by atoms with Crippen LogP contribution in [0.2, 0.25) is 0 Å². The average molecular weight is 390 g/mol. The fourth-order valence-electron chi connectivity index (χ4n) is 2.60. The number of carbonyl (C=O) groups is 4. The van der Waals surface area contributed by atoms with E-state index in [1.54, 1.807) is 6.07 Å². The zero-order valence-corrected chi connectivity index (χ0v) is 16.6. The molecule has 3 atom stereocenters. The van der Waals surface area contributed by atoms with Gasteiger partial charge in [0.2, 0.25) is 11.8 Å². The third-order valence-electron chi connectivity index (χ3n) is 3.69. The molecule has 0 spiro atoms. The Morgan fingerprint density at radius 1 is 1.36 bits per heavy atom. The van der Waals surface area contributed by atoms with Crippen molar-refractivity contribution in [3.63, 3.8) is 0 Å². The molecular weight excluding hydrogens is 379 g/mol. The summed E-state index contributed by atoms with van der Waals surface area (Å²) < 4.78 is 0. The van der Waals surface area contributed by atoms with Gasteiger partial charge >= 0.3 is 35.5 Å². The summed E-state index contributed by atoms with van der Waals surface area (Å²) >= 11 is 2.40. The van der Waals surface area contributed by atoms with Gasteiger partial charge in [0.05, 0.1) is 18.0 Å². The van der Waals surface area contributed by atoms with Crippen LogP contribution in [0.25, 0.3) is 0 Å². The standard InChI is InChI=1S/C14H12N2O6S2.Na/c17-8(4-6-2-1-3-23-6)15-9-11(18)16-10(14(21)22)7(13(19)20)5-24-12(9)16;/h1-3,5,9-10,12H,4H2,(H,15,17)(H,19,20)(H,21,22);/q;+1/p-1/t9?,10?,12-;/m0./s1. The molecule has 126 valence electrons. The van der Waals surface area contributed by atoms with E-state index in [0.717, 1.165) is 21.5 Å². The van der Waals surface area contributed by atoms with Gasteiger partial charge in [-0.05, 0) is 16.9 Å². The third-order valence-corrected chi connectivity index (χ3v) is 5.73. The summed E-state index contributed by atoms with van der Waals surface area (Å²) in [5, 5.41) is 25.2. The fraction of sp³-hybridized carbons (Fsp3) is 0.286. The van der Waals surface area contributed by atoms with Gasteiger partial charge in [0.25, 0.3) is 0 Å². The summed E-state index contributed by atoms with van der Waals surface area (Å²) in [7, 11) is 0. The summed E-state index contributed by atoms with van der Waals surface area (Å²) in [6.45, 7) is 0. The van der Waals surface area contributed by atoms with E-state index in [0.29, 0.717) is 0 Å². The first-order chi connectivity index (χ1) is 11.4. The second-order valence-corrected chi connectivity index (χ2v) is 7.20. The molecule has 11 heteroatoms. The van der Waals surface area contributed by atoms with Crippen molar-refractivity contribution in [3.8, 4) is 0 Å². The molecule has 2 N–H and O–H groups in total. The van der Waals surface area contributed by atoms with Crippen molar-refractivity contribution in [1.29, 1.82) is 0 Å². The predicted molar refractivity (Wildman–Crippen MR) is 82.7 cm³/mol. The first kappa shape index (κ1) is 20.0. The van der Waals surface area contributed by atoms with Crippen LogP contribution in [0.3, 0.4) is 0 Å². The van der Waals surface area contributed by atoms with E-state index >= 15 is 0 Å². The van der Waals surface area contributed by atoms with Gasteiger partial charge < -0.3 is 25.2 Å². The molecule has 1 fully saturated rings. The summed E-state index contributed by atoms with van der Waals surface area (Å²) in [5.74, 6) is -4.07. The van der Waals surface area contributed by atoms with Crippen LogP contribution in [-0.2, 0) is 25.6 Å². The summed E-state index contributed by atoms with van der Waals surface area (Å²) in [4.78, 5) is 48.3.